The fourth-order valence-corrected chi connectivity index (χ4v) is 0.489. The van der Waals surface area contributed by atoms with E-state index >= 15 is 0 Å². The van der Waals surface area contributed by atoms with E-state index in [1.807, 2.05) is 39.8 Å². The lowest BCUT2D eigenvalue weighted by Crippen LogP contribution is -1.63. The molecule has 0 heterocycles. The molecule has 0 rings (SSSR count). The molecule has 13 heavy (non-hydrogen) atoms. The third-order valence-electron chi connectivity index (χ3n) is 1.29. The minimum absolute atomic E-state index is 1.26. The SMILES string of the molecule is C/C=C/C.CC.CC=CCCCC. The molecule has 0 heteroatoms. The third kappa shape index (κ3) is 51.4. The van der Waals surface area contributed by atoms with Crippen molar-refractivity contribution in [3.8, 4) is 0 Å². The van der Waals surface area contributed by atoms with Gasteiger partial charge in [-0.1, -0.05) is 57.9 Å². The van der Waals surface area contributed by atoms with Crippen molar-refractivity contribution in [2.45, 2.75) is 60.8 Å². The van der Waals surface area contributed by atoms with Crippen molar-refractivity contribution in [3.05, 3.63) is 24.3 Å². The average molecular weight is 184 g/mol. The van der Waals surface area contributed by atoms with Crippen molar-refractivity contribution in [1.29, 1.82) is 0 Å². The molecule has 0 radical (unpaired) electrons. The van der Waals surface area contributed by atoms with Gasteiger partial charge < -0.3 is 0 Å². The van der Waals surface area contributed by atoms with Gasteiger partial charge in [0.1, 0.15) is 0 Å². The Morgan fingerprint density at radius 2 is 1.31 bits per heavy atom. The summed E-state index contributed by atoms with van der Waals surface area (Å²) in [7, 11) is 0. The van der Waals surface area contributed by atoms with Gasteiger partial charge in [0.05, 0.1) is 0 Å². The van der Waals surface area contributed by atoms with Crippen molar-refractivity contribution in [1.82, 2.24) is 0 Å². The molecule has 0 aromatic carbocycles. The van der Waals surface area contributed by atoms with Gasteiger partial charge in [0.2, 0.25) is 0 Å². The number of hydrogen-bond acceptors (Lipinski definition) is 0. The molecule has 0 unspecified atom stereocenters. The molecule has 0 aliphatic heterocycles. The second-order valence-electron chi connectivity index (χ2n) is 2.38. The highest BCUT2D eigenvalue weighted by Crippen LogP contribution is 1.93. The van der Waals surface area contributed by atoms with Crippen LogP contribution in [0.2, 0.25) is 0 Å². The Balaban J connectivity index is -0.000000142. The number of hydrogen-bond donors (Lipinski definition) is 0. The summed E-state index contributed by atoms with van der Waals surface area (Å²) >= 11 is 0. The standard InChI is InChI=1S/C7H14.C4H8.C2H6/c1-3-5-7-6-4-2;1-3-4-2;1-2/h3,5H,4,6-7H2,1-2H3;3-4H,1-2H3;1-2H3/b;4-3+;. The van der Waals surface area contributed by atoms with Crippen LogP contribution in [0.5, 0.6) is 0 Å². The molecule has 0 aromatic heterocycles. The summed E-state index contributed by atoms with van der Waals surface area (Å²) in [6.45, 7) is 12.3. The van der Waals surface area contributed by atoms with Crippen LogP contribution in [0.15, 0.2) is 24.3 Å². The van der Waals surface area contributed by atoms with Gasteiger partial charge in [-0.05, 0) is 27.2 Å². The quantitative estimate of drug-likeness (QED) is 0.409. The van der Waals surface area contributed by atoms with Crippen molar-refractivity contribution >= 4 is 0 Å². The summed E-state index contributed by atoms with van der Waals surface area (Å²) in [6, 6.07) is 0. The van der Waals surface area contributed by atoms with Gasteiger partial charge in [0.15, 0.2) is 0 Å². The Bertz CT molecular complexity index is 84.2. The zero-order chi connectivity index (χ0) is 10.9. The van der Waals surface area contributed by atoms with Crippen LogP contribution in [0.1, 0.15) is 60.8 Å². The zero-order valence-corrected chi connectivity index (χ0v) is 10.4. The van der Waals surface area contributed by atoms with Gasteiger partial charge in [-0.25, -0.2) is 0 Å². The van der Waals surface area contributed by atoms with E-state index in [2.05, 4.69) is 26.0 Å². The molecular formula is C13H28. The van der Waals surface area contributed by atoms with Crippen LogP contribution in [0.25, 0.3) is 0 Å². The molecule has 0 bridgehead atoms. The Kier molecular flexibility index (Phi) is 42.3. The van der Waals surface area contributed by atoms with Gasteiger partial charge in [-0.3, -0.25) is 0 Å². The van der Waals surface area contributed by atoms with Crippen molar-refractivity contribution in [2.24, 2.45) is 0 Å². The van der Waals surface area contributed by atoms with Crippen LogP contribution in [-0.2, 0) is 0 Å². The Morgan fingerprint density at radius 1 is 0.846 bits per heavy atom. The predicted molar refractivity (Wildman–Crippen MR) is 66.2 cm³/mol. The van der Waals surface area contributed by atoms with Crippen LogP contribution in [-0.4, -0.2) is 0 Å². The Hall–Kier alpha value is -0.520. The van der Waals surface area contributed by atoms with E-state index in [4.69, 9.17) is 0 Å². The summed E-state index contributed by atoms with van der Waals surface area (Å²) in [4.78, 5) is 0. The number of unbranched alkanes of at least 4 members (excludes halogenated alkanes) is 2. The van der Waals surface area contributed by atoms with E-state index in [1.54, 1.807) is 0 Å². The minimum Gasteiger partial charge on any atom is -0.0919 e. The van der Waals surface area contributed by atoms with Crippen LogP contribution >= 0.6 is 0 Å². The average Bonchev–Trinajstić information content (AvgIpc) is 2.22. The summed E-state index contributed by atoms with van der Waals surface area (Å²) in [5.41, 5.74) is 0. The molecular weight excluding hydrogens is 156 g/mol. The molecule has 0 atom stereocenters. The molecule has 0 N–H and O–H groups in total. The van der Waals surface area contributed by atoms with Gasteiger partial charge in [-0.15, -0.1) is 0 Å². The molecule has 0 aliphatic rings. The maximum atomic E-state index is 2.21. The molecule has 0 nitrogen and oxygen atoms in total. The van der Waals surface area contributed by atoms with Crippen LogP contribution in [0.4, 0.5) is 0 Å². The molecule has 0 aliphatic carbocycles. The fourth-order valence-electron chi connectivity index (χ4n) is 0.489. The van der Waals surface area contributed by atoms with E-state index < -0.39 is 0 Å². The second-order valence-corrected chi connectivity index (χ2v) is 2.38. The molecule has 0 aromatic rings. The third-order valence-corrected chi connectivity index (χ3v) is 1.29. The lowest BCUT2D eigenvalue weighted by molar-refractivity contribution is 0.814. The molecule has 80 valence electrons. The Labute approximate surface area is 85.8 Å². The molecule has 0 spiro atoms. The van der Waals surface area contributed by atoms with Gasteiger partial charge in [0, 0.05) is 0 Å². The first-order chi connectivity index (χ1) is 6.33. The summed E-state index contributed by atoms with van der Waals surface area (Å²) < 4.78 is 0. The Morgan fingerprint density at radius 3 is 1.54 bits per heavy atom. The van der Waals surface area contributed by atoms with Crippen molar-refractivity contribution in [2.75, 3.05) is 0 Å². The van der Waals surface area contributed by atoms with Gasteiger partial charge in [0.25, 0.3) is 0 Å². The summed E-state index contributed by atoms with van der Waals surface area (Å²) in [5, 5.41) is 0. The molecule has 0 fully saturated rings. The van der Waals surface area contributed by atoms with Crippen LogP contribution in [0.3, 0.4) is 0 Å². The first-order valence-corrected chi connectivity index (χ1v) is 5.51. The zero-order valence-electron chi connectivity index (χ0n) is 10.4. The molecule has 0 amide bonds. The highest BCUT2D eigenvalue weighted by atomic mass is 13.8. The fraction of sp³-hybridized carbons (Fsp3) is 0.692. The second kappa shape index (κ2) is 30.0. The van der Waals surface area contributed by atoms with E-state index in [0.29, 0.717) is 0 Å². The highest BCUT2D eigenvalue weighted by molar-refractivity contribution is 4.75. The van der Waals surface area contributed by atoms with Gasteiger partial charge >= 0.3 is 0 Å². The van der Waals surface area contributed by atoms with E-state index in [0.717, 1.165) is 0 Å². The normalized spacial score (nSPS) is 9.08. The maximum absolute atomic E-state index is 2.21. The predicted octanol–water partition coefficient (Wildman–Crippen LogP) is 5.36. The first-order valence-electron chi connectivity index (χ1n) is 5.51. The lowest BCUT2D eigenvalue weighted by atomic mass is 10.2. The van der Waals surface area contributed by atoms with Gasteiger partial charge in [-0.2, -0.15) is 0 Å². The summed E-state index contributed by atoms with van der Waals surface area (Å²) in [6.07, 6.45) is 12.2. The lowest BCUT2D eigenvalue weighted by Gasteiger charge is -1.83. The number of rotatable bonds is 3. The maximum Gasteiger partial charge on any atom is -0.0351 e. The largest absolute Gasteiger partial charge is 0.0919 e. The summed E-state index contributed by atoms with van der Waals surface area (Å²) in [5.74, 6) is 0. The topological polar surface area (TPSA) is 0 Å². The van der Waals surface area contributed by atoms with E-state index in [-0.39, 0.29) is 0 Å². The van der Waals surface area contributed by atoms with Crippen LogP contribution in [0, 0.1) is 0 Å². The van der Waals surface area contributed by atoms with Crippen molar-refractivity contribution < 1.29 is 0 Å². The highest BCUT2D eigenvalue weighted by Gasteiger charge is 1.73. The van der Waals surface area contributed by atoms with Crippen molar-refractivity contribution in [3.63, 3.8) is 0 Å². The smallest absolute Gasteiger partial charge is 0.0351 e. The number of allylic oxidation sites excluding steroid dienone is 4. The first kappa shape index (κ1) is 18.3. The molecule has 0 saturated heterocycles. The van der Waals surface area contributed by atoms with Crippen LogP contribution < -0.4 is 0 Å². The monoisotopic (exact) mass is 184 g/mol. The van der Waals surface area contributed by atoms with E-state index in [1.165, 1.54) is 19.3 Å². The minimum atomic E-state index is 1.26. The molecule has 0 saturated carbocycles. The van der Waals surface area contributed by atoms with E-state index in [9.17, 15) is 0 Å².